The lowest BCUT2D eigenvalue weighted by atomic mass is 9.89. The van der Waals surface area contributed by atoms with E-state index in [-0.39, 0.29) is 31.6 Å². The molecule has 1 fully saturated rings. The molecule has 0 saturated carbocycles. The molecule has 2 aromatic rings. The number of benzene rings is 1. The zero-order valence-electron chi connectivity index (χ0n) is 15.8. The number of hydrogen-bond acceptors (Lipinski definition) is 5. The number of imide groups is 1. The van der Waals surface area contributed by atoms with Crippen molar-refractivity contribution in [3.8, 4) is 0 Å². The highest BCUT2D eigenvalue weighted by Gasteiger charge is 2.49. The standard InChI is InChI=1S/C19H15ClF3N5O3/c20-13-6-11-9-28(8-10(11)5-12(13)19(21,22)23)15(29)1-2-18(14-7-24-3-4-25-14)16(30)26-17(31)27-18/h3-7H,1-2,8-9H2,(H2,26,27,30,31). The molecule has 2 aliphatic heterocycles. The summed E-state index contributed by atoms with van der Waals surface area (Å²) in [5, 5.41) is 4.23. The molecule has 0 spiro atoms. The summed E-state index contributed by atoms with van der Waals surface area (Å²) < 4.78 is 39.3. The largest absolute Gasteiger partial charge is 0.417 e. The maximum atomic E-state index is 13.1. The second-order valence-electron chi connectivity index (χ2n) is 7.25. The van der Waals surface area contributed by atoms with Crippen molar-refractivity contribution >= 4 is 29.4 Å². The van der Waals surface area contributed by atoms with Crippen molar-refractivity contribution in [1.29, 1.82) is 0 Å². The number of carbonyl (C=O) groups is 3. The Morgan fingerprint density at radius 3 is 2.48 bits per heavy atom. The molecular weight excluding hydrogens is 439 g/mol. The molecule has 1 unspecified atom stereocenters. The molecule has 8 nitrogen and oxygen atoms in total. The van der Waals surface area contributed by atoms with E-state index in [4.69, 9.17) is 11.6 Å². The van der Waals surface area contributed by atoms with Crippen LogP contribution in [0, 0.1) is 0 Å². The number of nitrogens with zero attached hydrogens (tertiary/aromatic N) is 3. The van der Waals surface area contributed by atoms with Crippen LogP contribution >= 0.6 is 11.6 Å². The minimum absolute atomic E-state index is 0.00882. The minimum atomic E-state index is -4.60. The highest BCUT2D eigenvalue weighted by molar-refractivity contribution is 6.31. The van der Waals surface area contributed by atoms with Crippen LogP contribution in [0.25, 0.3) is 0 Å². The first-order valence-electron chi connectivity index (χ1n) is 9.16. The monoisotopic (exact) mass is 453 g/mol. The molecule has 12 heteroatoms. The van der Waals surface area contributed by atoms with E-state index in [1.165, 1.54) is 29.6 Å². The van der Waals surface area contributed by atoms with E-state index in [1.807, 2.05) is 0 Å². The van der Waals surface area contributed by atoms with Gasteiger partial charge in [0.25, 0.3) is 5.91 Å². The van der Waals surface area contributed by atoms with E-state index < -0.39 is 40.1 Å². The van der Waals surface area contributed by atoms with E-state index in [0.29, 0.717) is 11.1 Å². The number of alkyl halides is 3. The summed E-state index contributed by atoms with van der Waals surface area (Å²) in [5.74, 6) is -1.05. The summed E-state index contributed by atoms with van der Waals surface area (Å²) in [7, 11) is 0. The van der Waals surface area contributed by atoms with Crippen molar-refractivity contribution < 1.29 is 27.6 Å². The predicted octanol–water partition coefficient (Wildman–Crippen LogP) is 2.51. The zero-order valence-corrected chi connectivity index (χ0v) is 16.5. The van der Waals surface area contributed by atoms with Crippen LogP contribution in [-0.2, 0) is 34.4 Å². The predicted molar refractivity (Wildman–Crippen MR) is 100 cm³/mol. The van der Waals surface area contributed by atoms with E-state index >= 15 is 0 Å². The van der Waals surface area contributed by atoms with Crippen LogP contribution in [0.3, 0.4) is 0 Å². The molecule has 0 bridgehead atoms. The third-order valence-corrected chi connectivity index (χ3v) is 5.64. The molecule has 3 heterocycles. The Labute approximate surface area is 178 Å². The fraction of sp³-hybridized carbons (Fsp3) is 0.316. The SMILES string of the molecule is O=C1NC(=O)C(CCC(=O)N2Cc3cc(Cl)c(C(F)(F)F)cc3C2)(c2cnccn2)N1. The summed E-state index contributed by atoms with van der Waals surface area (Å²) in [5.41, 5.74) is -1.44. The van der Waals surface area contributed by atoms with Gasteiger partial charge in [-0.1, -0.05) is 11.6 Å². The lowest BCUT2D eigenvalue weighted by molar-refractivity contribution is -0.137. The van der Waals surface area contributed by atoms with Crippen molar-refractivity contribution in [2.75, 3.05) is 0 Å². The van der Waals surface area contributed by atoms with Crippen LogP contribution in [0.5, 0.6) is 0 Å². The molecule has 2 N–H and O–H groups in total. The Balaban J connectivity index is 1.51. The number of rotatable bonds is 4. The van der Waals surface area contributed by atoms with Crippen LogP contribution in [0.2, 0.25) is 5.02 Å². The maximum absolute atomic E-state index is 13.1. The lowest BCUT2D eigenvalue weighted by Crippen LogP contribution is -2.45. The molecule has 31 heavy (non-hydrogen) atoms. The molecule has 162 valence electrons. The normalized spacial score (nSPS) is 20.5. The van der Waals surface area contributed by atoms with Crippen LogP contribution in [0.1, 0.15) is 35.2 Å². The van der Waals surface area contributed by atoms with Gasteiger partial charge in [-0.05, 0) is 29.7 Å². The van der Waals surface area contributed by atoms with Crippen LogP contribution in [0.4, 0.5) is 18.0 Å². The second kappa shape index (κ2) is 7.49. The maximum Gasteiger partial charge on any atom is 0.417 e. The first kappa shape index (κ1) is 21.0. The molecule has 1 aromatic carbocycles. The van der Waals surface area contributed by atoms with Gasteiger partial charge >= 0.3 is 12.2 Å². The highest BCUT2D eigenvalue weighted by atomic mass is 35.5. The lowest BCUT2D eigenvalue weighted by Gasteiger charge is -2.25. The number of aromatic nitrogens is 2. The number of nitrogens with one attached hydrogen (secondary N) is 2. The van der Waals surface area contributed by atoms with Gasteiger partial charge in [0, 0.05) is 31.9 Å². The van der Waals surface area contributed by atoms with Gasteiger partial charge in [-0.2, -0.15) is 13.2 Å². The number of urea groups is 1. The second-order valence-corrected chi connectivity index (χ2v) is 7.66. The van der Waals surface area contributed by atoms with E-state index in [0.717, 1.165) is 6.07 Å². The molecule has 0 radical (unpaired) electrons. The highest BCUT2D eigenvalue weighted by Crippen LogP contribution is 2.39. The van der Waals surface area contributed by atoms with Gasteiger partial charge in [-0.15, -0.1) is 0 Å². The molecule has 0 aliphatic carbocycles. The average Bonchev–Trinajstić information content (AvgIpc) is 3.25. The van der Waals surface area contributed by atoms with Gasteiger partial charge in [-0.3, -0.25) is 24.9 Å². The summed E-state index contributed by atoms with van der Waals surface area (Å²) in [6.07, 6.45) is -0.765. The smallest absolute Gasteiger partial charge is 0.334 e. The van der Waals surface area contributed by atoms with E-state index in [2.05, 4.69) is 20.6 Å². The summed E-state index contributed by atoms with van der Waals surface area (Å²) >= 11 is 5.76. The molecule has 1 aromatic heterocycles. The number of halogens is 4. The third kappa shape index (κ3) is 3.80. The molecule has 4 rings (SSSR count). The Kier molecular flexibility index (Phi) is 5.08. The number of amides is 4. The zero-order chi connectivity index (χ0) is 22.4. The number of carbonyl (C=O) groups excluding carboxylic acids is 3. The first-order valence-corrected chi connectivity index (χ1v) is 9.54. The van der Waals surface area contributed by atoms with Gasteiger partial charge in [0.15, 0.2) is 5.54 Å². The number of hydrogen-bond donors (Lipinski definition) is 2. The number of fused-ring (bicyclic) bond motifs is 1. The third-order valence-electron chi connectivity index (χ3n) is 5.33. The van der Waals surface area contributed by atoms with Crippen LogP contribution < -0.4 is 10.6 Å². The quantitative estimate of drug-likeness (QED) is 0.692. The molecule has 2 aliphatic rings. The van der Waals surface area contributed by atoms with Crippen molar-refractivity contribution in [2.45, 2.75) is 37.6 Å². The Hall–Kier alpha value is -3.21. The van der Waals surface area contributed by atoms with Crippen molar-refractivity contribution in [3.05, 3.63) is 58.1 Å². The first-order chi connectivity index (χ1) is 14.6. The van der Waals surface area contributed by atoms with Gasteiger partial charge < -0.3 is 10.2 Å². The van der Waals surface area contributed by atoms with Crippen LogP contribution in [0.15, 0.2) is 30.7 Å². The Morgan fingerprint density at radius 1 is 1.19 bits per heavy atom. The van der Waals surface area contributed by atoms with Gasteiger partial charge in [0.05, 0.1) is 22.5 Å². The van der Waals surface area contributed by atoms with Crippen molar-refractivity contribution in [1.82, 2.24) is 25.5 Å². The van der Waals surface area contributed by atoms with Crippen LogP contribution in [-0.4, -0.2) is 32.7 Å². The average molecular weight is 454 g/mol. The molecule has 4 amide bonds. The van der Waals surface area contributed by atoms with Crippen molar-refractivity contribution in [2.24, 2.45) is 0 Å². The molecular formula is C19H15ClF3N5O3. The summed E-state index contributed by atoms with van der Waals surface area (Å²) in [4.78, 5) is 46.4. The Bertz CT molecular complexity index is 1080. The molecule has 1 atom stereocenters. The van der Waals surface area contributed by atoms with Gasteiger partial charge in [0.1, 0.15) is 0 Å². The fourth-order valence-corrected chi connectivity index (χ4v) is 4.06. The summed E-state index contributed by atoms with van der Waals surface area (Å²) in [6, 6.07) is 1.46. The van der Waals surface area contributed by atoms with Gasteiger partial charge in [0.2, 0.25) is 5.91 Å². The fourth-order valence-electron chi connectivity index (χ4n) is 3.76. The topological polar surface area (TPSA) is 104 Å². The van der Waals surface area contributed by atoms with E-state index in [1.54, 1.807) is 0 Å². The van der Waals surface area contributed by atoms with Crippen molar-refractivity contribution in [3.63, 3.8) is 0 Å². The van der Waals surface area contributed by atoms with Gasteiger partial charge in [-0.25, -0.2) is 4.79 Å². The summed E-state index contributed by atoms with van der Waals surface area (Å²) in [6.45, 7) is 0.0911. The molecule has 1 saturated heterocycles. The van der Waals surface area contributed by atoms with E-state index in [9.17, 15) is 27.6 Å². The minimum Gasteiger partial charge on any atom is -0.334 e. The Morgan fingerprint density at radius 2 is 1.90 bits per heavy atom.